The number of unbranched alkanes of at least 4 members (excludes halogenated alkanes) is 2. The number of aryl methyl sites for hydroxylation is 2. The van der Waals surface area contributed by atoms with Gasteiger partial charge in [0.1, 0.15) is 18.8 Å². The fourth-order valence-electron chi connectivity index (χ4n) is 4.79. The second-order valence-electron chi connectivity index (χ2n) is 10.00. The lowest BCUT2D eigenvalue weighted by atomic mass is 10.1. The third kappa shape index (κ3) is 6.15. The molecule has 0 saturated carbocycles. The normalized spacial score (nSPS) is 11.1. The number of anilines is 2. The van der Waals surface area contributed by atoms with E-state index in [-0.39, 0.29) is 17.5 Å². The molecule has 2 aromatic carbocycles. The van der Waals surface area contributed by atoms with Gasteiger partial charge in [-0.15, -0.1) is 0 Å². The molecule has 0 radical (unpaired) electrons. The first-order valence-electron chi connectivity index (χ1n) is 14.0. The van der Waals surface area contributed by atoms with Crippen LogP contribution in [0.2, 0.25) is 0 Å². The summed E-state index contributed by atoms with van der Waals surface area (Å²) in [6.07, 6.45) is 9.97. The molecule has 0 saturated heterocycles. The van der Waals surface area contributed by atoms with Crippen molar-refractivity contribution in [1.29, 1.82) is 0 Å². The monoisotopic (exact) mass is 533 g/mol. The number of hydrogen-bond acceptors (Lipinski definition) is 3. The largest absolute Gasteiger partial charge is 0.322 e. The number of pyridine rings is 3. The van der Waals surface area contributed by atoms with Crippen LogP contribution in [0.4, 0.5) is 11.4 Å². The Balaban J connectivity index is 1.27. The van der Waals surface area contributed by atoms with E-state index in [0.717, 1.165) is 60.6 Å². The number of carbonyl (C=O) groups excluding carboxylic acids is 2. The molecule has 2 N–H and O–H groups in total. The lowest BCUT2D eigenvalue weighted by Crippen LogP contribution is -2.34. The summed E-state index contributed by atoms with van der Waals surface area (Å²) in [6, 6.07) is 23.2. The van der Waals surface area contributed by atoms with Crippen molar-refractivity contribution in [2.24, 2.45) is 0 Å². The molecule has 3 heterocycles. The van der Waals surface area contributed by atoms with E-state index in [0.29, 0.717) is 16.9 Å². The van der Waals surface area contributed by atoms with Crippen molar-refractivity contribution in [2.45, 2.75) is 52.6 Å². The molecule has 202 valence electrons. The van der Waals surface area contributed by atoms with Gasteiger partial charge in [0.05, 0.1) is 5.56 Å². The smallest absolute Gasteiger partial charge is 0.274 e. The Bertz CT molecular complexity index is 1540. The standard InChI is InChI=1S/C33H33N5O2/c1-3-5-17-37-19-7-9-24-11-14-27(21-30(24)37)35-32(39)26-13-16-29(34-23-26)33(40)36-28-15-12-25-10-8-20-38(18-6-4-2)31(25)22-28/h7-16,19-23H,3-6,17-18H2,1-2H3/p+2. The van der Waals surface area contributed by atoms with Crippen molar-refractivity contribution in [3.05, 3.63) is 103 Å². The Labute approximate surface area is 234 Å². The third-order valence-corrected chi connectivity index (χ3v) is 7.04. The van der Waals surface area contributed by atoms with E-state index in [1.807, 2.05) is 48.5 Å². The van der Waals surface area contributed by atoms with Gasteiger partial charge in [0.25, 0.3) is 11.8 Å². The van der Waals surface area contributed by atoms with Gasteiger partial charge < -0.3 is 10.6 Å². The van der Waals surface area contributed by atoms with E-state index >= 15 is 0 Å². The molecule has 0 fully saturated rings. The highest BCUT2D eigenvalue weighted by molar-refractivity contribution is 6.06. The Morgan fingerprint density at radius 3 is 1.75 bits per heavy atom. The molecule has 0 aliphatic heterocycles. The molecule has 3 aromatic heterocycles. The molecule has 2 amide bonds. The van der Waals surface area contributed by atoms with Crippen molar-refractivity contribution in [2.75, 3.05) is 10.6 Å². The van der Waals surface area contributed by atoms with Gasteiger partial charge in [0, 0.05) is 65.5 Å². The maximum atomic E-state index is 12.9. The molecule has 0 atom stereocenters. The highest BCUT2D eigenvalue weighted by Gasteiger charge is 2.15. The Hall–Kier alpha value is -4.65. The number of amides is 2. The van der Waals surface area contributed by atoms with Crippen LogP contribution in [0.1, 0.15) is 60.4 Å². The number of carbonyl (C=O) groups is 2. The van der Waals surface area contributed by atoms with Crippen molar-refractivity contribution in [3.63, 3.8) is 0 Å². The van der Waals surface area contributed by atoms with Gasteiger partial charge in [-0.05, 0) is 48.5 Å². The van der Waals surface area contributed by atoms with Gasteiger partial charge in [-0.3, -0.25) is 14.6 Å². The average Bonchev–Trinajstić information content (AvgIpc) is 2.99. The quantitative estimate of drug-likeness (QED) is 0.214. The Kier molecular flexibility index (Phi) is 8.40. The minimum atomic E-state index is -0.325. The lowest BCUT2D eigenvalue weighted by Gasteiger charge is -2.08. The number of benzene rings is 2. The predicted octanol–water partition coefficient (Wildman–Crippen LogP) is 6.07. The minimum Gasteiger partial charge on any atom is -0.322 e. The van der Waals surface area contributed by atoms with E-state index < -0.39 is 0 Å². The van der Waals surface area contributed by atoms with Gasteiger partial charge in [0.2, 0.25) is 11.0 Å². The van der Waals surface area contributed by atoms with Crippen molar-refractivity contribution >= 4 is 45.0 Å². The van der Waals surface area contributed by atoms with Gasteiger partial charge >= 0.3 is 0 Å². The topological polar surface area (TPSA) is 78.9 Å². The molecule has 0 bridgehead atoms. The summed E-state index contributed by atoms with van der Waals surface area (Å²) in [5.41, 5.74) is 4.17. The third-order valence-electron chi connectivity index (χ3n) is 7.04. The second-order valence-corrected chi connectivity index (χ2v) is 10.00. The molecule has 40 heavy (non-hydrogen) atoms. The summed E-state index contributed by atoms with van der Waals surface area (Å²) >= 11 is 0. The lowest BCUT2D eigenvalue weighted by molar-refractivity contribution is -0.672. The van der Waals surface area contributed by atoms with Crippen LogP contribution in [-0.4, -0.2) is 16.8 Å². The van der Waals surface area contributed by atoms with Crippen LogP contribution in [0, 0.1) is 0 Å². The van der Waals surface area contributed by atoms with E-state index in [1.165, 1.54) is 6.20 Å². The fraction of sp³-hybridized carbons (Fsp3) is 0.242. The first kappa shape index (κ1) is 26.9. The maximum Gasteiger partial charge on any atom is 0.274 e. The number of nitrogens with one attached hydrogen (secondary N) is 2. The van der Waals surface area contributed by atoms with Gasteiger partial charge in [-0.1, -0.05) is 26.7 Å². The second kappa shape index (κ2) is 12.5. The average molecular weight is 534 g/mol. The number of rotatable bonds is 10. The summed E-state index contributed by atoms with van der Waals surface area (Å²) in [4.78, 5) is 30.2. The number of fused-ring (bicyclic) bond motifs is 2. The molecular weight excluding hydrogens is 498 g/mol. The van der Waals surface area contributed by atoms with Gasteiger partial charge in [-0.2, -0.15) is 9.13 Å². The summed E-state index contributed by atoms with van der Waals surface area (Å²) in [5.74, 6) is -0.602. The molecule has 0 spiro atoms. The van der Waals surface area contributed by atoms with Gasteiger partial charge in [0.15, 0.2) is 12.4 Å². The van der Waals surface area contributed by atoms with E-state index in [4.69, 9.17) is 0 Å². The Morgan fingerprint density at radius 2 is 1.25 bits per heavy atom. The van der Waals surface area contributed by atoms with E-state index in [9.17, 15) is 9.59 Å². The summed E-state index contributed by atoms with van der Waals surface area (Å²) in [5, 5.41) is 8.14. The van der Waals surface area contributed by atoms with Crippen LogP contribution < -0.4 is 19.8 Å². The van der Waals surface area contributed by atoms with Crippen LogP contribution in [-0.2, 0) is 13.1 Å². The first-order valence-corrected chi connectivity index (χ1v) is 14.0. The maximum absolute atomic E-state index is 12.9. The SMILES string of the molecule is CCCC[n+]1cccc2ccc(NC(=O)c3ccc(C(=O)Nc4ccc5ccc[n+](CCCC)c5c4)nc3)cc21. The molecule has 0 aliphatic carbocycles. The zero-order chi connectivity index (χ0) is 27.9. The minimum absolute atomic E-state index is 0.242. The van der Waals surface area contributed by atoms with Crippen molar-refractivity contribution < 1.29 is 18.7 Å². The summed E-state index contributed by atoms with van der Waals surface area (Å²) < 4.78 is 4.42. The molecule has 0 unspecified atom stereocenters. The van der Waals surface area contributed by atoms with Crippen LogP contribution in [0.25, 0.3) is 21.8 Å². The zero-order valence-electron chi connectivity index (χ0n) is 23.1. The zero-order valence-corrected chi connectivity index (χ0v) is 23.1. The molecule has 5 aromatic rings. The highest BCUT2D eigenvalue weighted by atomic mass is 16.2. The van der Waals surface area contributed by atoms with Crippen LogP contribution in [0.5, 0.6) is 0 Å². The molecule has 5 rings (SSSR count). The van der Waals surface area contributed by atoms with E-state index in [2.05, 4.69) is 63.1 Å². The van der Waals surface area contributed by atoms with E-state index in [1.54, 1.807) is 12.1 Å². The molecule has 7 heteroatoms. The summed E-state index contributed by atoms with van der Waals surface area (Å²) in [6.45, 7) is 6.20. The Morgan fingerprint density at radius 1 is 0.700 bits per heavy atom. The number of hydrogen-bond donors (Lipinski definition) is 2. The predicted molar refractivity (Wildman–Crippen MR) is 158 cm³/mol. The number of nitrogens with zero attached hydrogens (tertiary/aromatic N) is 3. The fourth-order valence-corrected chi connectivity index (χ4v) is 4.79. The highest BCUT2D eigenvalue weighted by Crippen LogP contribution is 2.19. The molecular formula is C33H35N5O2+2. The van der Waals surface area contributed by atoms with Gasteiger partial charge in [-0.25, -0.2) is 0 Å². The van der Waals surface area contributed by atoms with Crippen LogP contribution in [0.3, 0.4) is 0 Å². The van der Waals surface area contributed by atoms with Crippen LogP contribution >= 0.6 is 0 Å². The van der Waals surface area contributed by atoms with Crippen molar-refractivity contribution in [3.8, 4) is 0 Å². The number of aromatic nitrogens is 3. The van der Waals surface area contributed by atoms with Crippen molar-refractivity contribution in [1.82, 2.24) is 4.98 Å². The molecule has 7 nitrogen and oxygen atoms in total. The first-order chi connectivity index (χ1) is 19.6. The molecule has 0 aliphatic rings. The van der Waals surface area contributed by atoms with Crippen LogP contribution in [0.15, 0.2) is 91.4 Å². The summed E-state index contributed by atoms with van der Waals surface area (Å²) in [7, 11) is 0.